The Labute approximate surface area is 149 Å². The van der Waals surface area contributed by atoms with Gasteiger partial charge in [0.05, 0.1) is 25.0 Å². The normalized spacial score (nSPS) is 14.8. The van der Waals surface area contributed by atoms with E-state index in [0.717, 1.165) is 33.5 Å². The minimum Gasteiger partial charge on any atom is -0.492 e. The topological polar surface area (TPSA) is 71.8 Å². The molecule has 25 heavy (non-hydrogen) atoms. The van der Waals surface area contributed by atoms with Crippen molar-refractivity contribution < 1.29 is 9.53 Å². The summed E-state index contributed by atoms with van der Waals surface area (Å²) in [7, 11) is 0. The van der Waals surface area contributed by atoms with Crippen molar-refractivity contribution in [1.29, 1.82) is 0 Å². The Morgan fingerprint density at radius 2 is 2.28 bits per heavy atom. The molecule has 0 spiro atoms. The first-order chi connectivity index (χ1) is 12.2. The minimum atomic E-state index is -0.0140. The average molecular weight is 357 g/mol. The molecule has 0 saturated carbocycles. The van der Waals surface area contributed by atoms with Gasteiger partial charge in [0, 0.05) is 18.7 Å². The molecular weight excluding hydrogens is 338 g/mol. The Kier molecular flexibility index (Phi) is 4.37. The van der Waals surface area contributed by atoms with E-state index in [9.17, 15) is 4.79 Å². The highest BCUT2D eigenvalue weighted by atomic mass is 32.1. The van der Waals surface area contributed by atoms with Gasteiger partial charge in [-0.05, 0) is 13.0 Å². The van der Waals surface area contributed by atoms with E-state index in [4.69, 9.17) is 4.74 Å². The quantitative estimate of drug-likeness (QED) is 0.768. The highest BCUT2D eigenvalue weighted by Gasteiger charge is 2.17. The number of carbonyl (C=O) groups excluding carboxylic acids is 1. The molecule has 1 aliphatic heterocycles. The van der Waals surface area contributed by atoms with Crippen molar-refractivity contribution in [3.8, 4) is 5.75 Å². The van der Waals surface area contributed by atoms with Crippen LogP contribution < -0.4 is 10.1 Å². The Morgan fingerprint density at radius 1 is 1.40 bits per heavy atom. The van der Waals surface area contributed by atoms with Crippen LogP contribution in [0.3, 0.4) is 0 Å². The molecule has 3 heterocycles. The lowest BCUT2D eigenvalue weighted by atomic mass is 10.2. The van der Waals surface area contributed by atoms with Gasteiger partial charge in [-0.3, -0.25) is 9.69 Å². The number of ether oxygens (including phenoxy) is 1. The van der Waals surface area contributed by atoms with Crippen LogP contribution in [0.2, 0.25) is 0 Å². The van der Waals surface area contributed by atoms with Gasteiger partial charge >= 0.3 is 0 Å². The maximum atomic E-state index is 12.3. The van der Waals surface area contributed by atoms with Gasteiger partial charge in [-0.1, -0.05) is 29.5 Å². The molecule has 1 aliphatic rings. The molecule has 130 valence electrons. The van der Waals surface area contributed by atoms with E-state index < -0.39 is 0 Å². The molecule has 7 nitrogen and oxygen atoms in total. The zero-order chi connectivity index (χ0) is 17.2. The van der Waals surface area contributed by atoms with E-state index in [-0.39, 0.29) is 5.91 Å². The van der Waals surface area contributed by atoms with Crippen molar-refractivity contribution in [3.63, 3.8) is 0 Å². The van der Waals surface area contributed by atoms with E-state index in [0.29, 0.717) is 26.2 Å². The molecule has 1 amide bonds. The summed E-state index contributed by atoms with van der Waals surface area (Å²) < 4.78 is 7.49. The molecule has 1 N–H and O–H groups in total. The van der Waals surface area contributed by atoms with Gasteiger partial charge in [-0.2, -0.15) is 5.10 Å². The molecular formula is C17H19N5O2S. The fraction of sp³-hybridized carbons (Fsp3) is 0.353. The highest BCUT2D eigenvalue weighted by Crippen LogP contribution is 2.22. The molecule has 0 fully saturated rings. The summed E-state index contributed by atoms with van der Waals surface area (Å²) in [6, 6.07) is 7.97. The average Bonchev–Trinajstić information content (AvgIpc) is 3.03. The molecule has 3 aromatic rings. The summed E-state index contributed by atoms with van der Waals surface area (Å²) in [4.78, 5) is 19.7. The number of para-hydroxylation sites is 1. The first kappa shape index (κ1) is 16.0. The number of benzene rings is 1. The Balaban J connectivity index is 1.33. The summed E-state index contributed by atoms with van der Waals surface area (Å²) >= 11 is 1.54. The van der Waals surface area contributed by atoms with Crippen LogP contribution >= 0.6 is 11.3 Å². The number of carbonyl (C=O) groups is 1. The number of nitrogens with one attached hydrogen (secondary N) is 1. The van der Waals surface area contributed by atoms with Crippen LogP contribution in [0.25, 0.3) is 4.96 Å². The summed E-state index contributed by atoms with van der Waals surface area (Å²) in [5.74, 6) is 0.895. The first-order valence-corrected chi connectivity index (χ1v) is 9.00. The maximum Gasteiger partial charge on any atom is 0.234 e. The number of rotatable bonds is 4. The van der Waals surface area contributed by atoms with E-state index in [1.165, 1.54) is 11.3 Å². The van der Waals surface area contributed by atoms with Gasteiger partial charge < -0.3 is 10.1 Å². The molecule has 4 rings (SSSR count). The number of aryl methyl sites for hydroxylation is 1. The lowest BCUT2D eigenvalue weighted by Gasteiger charge is -2.18. The van der Waals surface area contributed by atoms with Crippen LogP contribution in [0.1, 0.15) is 16.3 Å². The number of hydrogen-bond donors (Lipinski definition) is 1. The summed E-state index contributed by atoms with van der Waals surface area (Å²) in [6.45, 7) is 4.74. The van der Waals surface area contributed by atoms with Crippen molar-refractivity contribution in [2.24, 2.45) is 0 Å². The van der Waals surface area contributed by atoms with Crippen molar-refractivity contribution in [3.05, 3.63) is 46.7 Å². The zero-order valence-corrected chi connectivity index (χ0v) is 14.8. The van der Waals surface area contributed by atoms with Crippen LogP contribution in [-0.4, -0.2) is 45.1 Å². The second-order valence-electron chi connectivity index (χ2n) is 6.02. The van der Waals surface area contributed by atoms with Gasteiger partial charge in [-0.15, -0.1) is 0 Å². The van der Waals surface area contributed by atoms with E-state index in [1.54, 1.807) is 4.52 Å². The third-order valence-corrected chi connectivity index (χ3v) is 4.90. The van der Waals surface area contributed by atoms with Crippen LogP contribution in [0.15, 0.2) is 30.5 Å². The SMILES string of the molecule is Cc1nn2cc(CNC(=O)CN3CCOc4ccccc4C3)nc2s1. The maximum absolute atomic E-state index is 12.3. The number of nitrogens with zero attached hydrogens (tertiary/aromatic N) is 4. The zero-order valence-electron chi connectivity index (χ0n) is 13.9. The third kappa shape index (κ3) is 3.64. The minimum absolute atomic E-state index is 0.0140. The monoisotopic (exact) mass is 357 g/mol. The fourth-order valence-corrected chi connectivity index (χ4v) is 3.64. The van der Waals surface area contributed by atoms with Crippen LogP contribution in [0, 0.1) is 6.92 Å². The first-order valence-electron chi connectivity index (χ1n) is 8.19. The molecule has 8 heteroatoms. The van der Waals surface area contributed by atoms with Crippen LogP contribution in [-0.2, 0) is 17.9 Å². The molecule has 2 aromatic heterocycles. The Morgan fingerprint density at radius 3 is 3.16 bits per heavy atom. The van der Waals surface area contributed by atoms with Crippen LogP contribution in [0.5, 0.6) is 5.75 Å². The molecule has 0 bridgehead atoms. The number of imidazole rings is 1. The van der Waals surface area contributed by atoms with Crippen LogP contribution in [0.4, 0.5) is 0 Å². The summed E-state index contributed by atoms with van der Waals surface area (Å²) in [6.07, 6.45) is 1.86. The van der Waals surface area contributed by atoms with E-state index in [2.05, 4.69) is 20.3 Å². The number of hydrogen-bond acceptors (Lipinski definition) is 6. The van der Waals surface area contributed by atoms with Gasteiger partial charge in [0.1, 0.15) is 17.4 Å². The van der Waals surface area contributed by atoms with Crippen molar-refractivity contribution in [2.75, 3.05) is 19.7 Å². The Bertz CT molecular complexity index is 872. The number of fused-ring (bicyclic) bond motifs is 2. The van der Waals surface area contributed by atoms with E-state index in [1.807, 2.05) is 37.4 Å². The summed E-state index contributed by atoms with van der Waals surface area (Å²) in [5.41, 5.74) is 1.93. The fourth-order valence-electron chi connectivity index (χ4n) is 2.89. The van der Waals surface area contributed by atoms with Crippen molar-refractivity contribution in [1.82, 2.24) is 24.8 Å². The summed E-state index contributed by atoms with van der Waals surface area (Å²) in [5, 5.41) is 8.23. The van der Waals surface area contributed by atoms with Gasteiger partial charge in [0.15, 0.2) is 0 Å². The Hall–Kier alpha value is -2.45. The predicted octanol–water partition coefficient (Wildman–Crippen LogP) is 1.61. The second-order valence-corrected chi connectivity index (χ2v) is 7.18. The molecule has 0 saturated heterocycles. The van der Waals surface area contributed by atoms with Gasteiger partial charge in [-0.25, -0.2) is 9.50 Å². The van der Waals surface area contributed by atoms with Gasteiger partial charge in [0.2, 0.25) is 10.9 Å². The van der Waals surface area contributed by atoms with Crippen molar-refractivity contribution in [2.45, 2.75) is 20.0 Å². The molecule has 1 aromatic carbocycles. The predicted molar refractivity (Wildman–Crippen MR) is 94.7 cm³/mol. The smallest absolute Gasteiger partial charge is 0.234 e. The van der Waals surface area contributed by atoms with Gasteiger partial charge in [0.25, 0.3) is 0 Å². The molecule has 0 unspecified atom stereocenters. The van der Waals surface area contributed by atoms with Crippen molar-refractivity contribution >= 4 is 22.2 Å². The standard InChI is InChI=1S/C17H19N5O2S/c1-12-20-22-10-14(19-17(22)25-12)8-18-16(23)11-21-6-7-24-15-5-3-2-4-13(15)9-21/h2-5,10H,6-9,11H2,1H3,(H,18,23). The molecule has 0 atom stereocenters. The molecule has 0 aliphatic carbocycles. The lowest BCUT2D eigenvalue weighted by Crippen LogP contribution is -2.37. The van der Waals surface area contributed by atoms with E-state index >= 15 is 0 Å². The largest absolute Gasteiger partial charge is 0.492 e. The second kappa shape index (κ2) is 6.81. The third-order valence-electron chi connectivity index (χ3n) is 4.06. The number of amides is 1. The molecule has 0 radical (unpaired) electrons. The number of aromatic nitrogens is 3. The highest BCUT2D eigenvalue weighted by molar-refractivity contribution is 7.16. The lowest BCUT2D eigenvalue weighted by molar-refractivity contribution is -0.122.